The Balaban J connectivity index is 2.20. The summed E-state index contributed by atoms with van der Waals surface area (Å²) in [4.78, 5) is 0. The second-order valence-electron chi connectivity index (χ2n) is 4.00. The van der Waals surface area contributed by atoms with E-state index in [9.17, 15) is 0 Å². The Bertz CT molecular complexity index is 322. The minimum absolute atomic E-state index is 0.324. The molecule has 0 spiro atoms. The fraction of sp³-hybridized carbons (Fsp3) is 0.500. The Kier molecular flexibility index (Phi) is 3.24. The number of benzene rings is 1. The van der Waals surface area contributed by atoms with Gasteiger partial charge in [0.1, 0.15) is 0 Å². The highest BCUT2D eigenvalue weighted by Crippen LogP contribution is 2.32. The average Bonchev–Trinajstić information content (AvgIpc) is 2.20. The number of halogens is 1. The predicted octanol–water partition coefficient (Wildman–Crippen LogP) is 2.94. The topological polar surface area (TPSA) is 20.2 Å². The van der Waals surface area contributed by atoms with E-state index in [0.717, 1.165) is 12.8 Å². The molecule has 0 heterocycles. The number of aliphatic hydroxyl groups is 1. The second-order valence-corrected chi connectivity index (χ2v) is 4.85. The first-order valence-electron chi connectivity index (χ1n) is 5.18. The lowest BCUT2D eigenvalue weighted by Crippen LogP contribution is -2.15. The van der Waals surface area contributed by atoms with Crippen molar-refractivity contribution < 1.29 is 5.11 Å². The summed E-state index contributed by atoms with van der Waals surface area (Å²) in [5.41, 5.74) is 2.94. The van der Waals surface area contributed by atoms with Crippen LogP contribution >= 0.6 is 15.9 Å². The Morgan fingerprint density at radius 3 is 3.07 bits per heavy atom. The third-order valence-corrected chi connectivity index (χ3v) is 3.81. The van der Waals surface area contributed by atoms with Crippen LogP contribution in [0.3, 0.4) is 0 Å². The van der Waals surface area contributed by atoms with E-state index < -0.39 is 0 Å². The van der Waals surface area contributed by atoms with Gasteiger partial charge in [0, 0.05) is 11.1 Å². The highest BCUT2D eigenvalue weighted by atomic mass is 79.9. The summed E-state index contributed by atoms with van der Waals surface area (Å²) in [6, 6.07) is 6.44. The molecule has 0 saturated heterocycles. The summed E-state index contributed by atoms with van der Waals surface area (Å²) in [6.45, 7) is 0.324. The summed E-state index contributed by atoms with van der Waals surface area (Å²) in [6.07, 6.45) is 4.46. The van der Waals surface area contributed by atoms with Gasteiger partial charge in [-0.3, -0.25) is 0 Å². The minimum Gasteiger partial charge on any atom is -0.396 e. The quantitative estimate of drug-likeness (QED) is 0.861. The van der Waals surface area contributed by atoms with Gasteiger partial charge in [-0.2, -0.15) is 0 Å². The molecule has 0 radical (unpaired) electrons. The molecule has 1 N–H and O–H groups in total. The van der Waals surface area contributed by atoms with Gasteiger partial charge in [0.25, 0.3) is 0 Å². The summed E-state index contributed by atoms with van der Waals surface area (Å²) in [7, 11) is 0. The second kappa shape index (κ2) is 4.45. The van der Waals surface area contributed by atoms with Crippen molar-refractivity contribution in [2.75, 3.05) is 6.61 Å². The van der Waals surface area contributed by atoms with Gasteiger partial charge < -0.3 is 5.11 Å². The molecule has 1 aromatic carbocycles. The Morgan fingerprint density at radius 2 is 2.29 bits per heavy atom. The molecule has 2 heteroatoms. The normalized spacial score (nSPS) is 20.6. The van der Waals surface area contributed by atoms with Crippen LogP contribution in [-0.2, 0) is 12.8 Å². The van der Waals surface area contributed by atoms with Crippen molar-refractivity contribution in [3.05, 3.63) is 33.8 Å². The van der Waals surface area contributed by atoms with E-state index in [-0.39, 0.29) is 0 Å². The third kappa shape index (κ3) is 2.01. The van der Waals surface area contributed by atoms with Crippen LogP contribution in [0.2, 0.25) is 0 Å². The SMILES string of the molecule is OCCC1CCc2cccc(Br)c2C1. The molecule has 1 atom stereocenters. The summed E-state index contributed by atoms with van der Waals surface area (Å²) in [5.74, 6) is 0.672. The summed E-state index contributed by atoms with van der Waals surface area (Å²) < 4.78 is 1.23. The molecule has 76 valence electrons. The maximum Gasteiger partial charge on any atom is 0.0433 e. The zero-order valence-corrected chi connectivity index (χ0v) is 9.76. The molecule has 1 nitrogen and oxygen atoms in total. The van der Waals surface area contributed by atoms with Gasteiger partial charge in [0.2, 0.25) is 0 Å². The van der Waals surface area contributed by atoms with Crippen LogP contribution in [0.4, 0.5) is 0 Å². The molecular formula is C12H15BrO. The molecule has 1 aliphatic rings. The van der Waals surface area contributed by atoms with Crippen LogP contribution in [0.15, 0.2) is 22.7 Å². The number of hydrogen-bond donors (Lipinski definition) is 1. The van der Waals surface area contributed by atoms with Crippen LogP contribution in [0.25, 0.3) is 0 Å². The lowest BCUT2D eigenvalue weighted by atomic mass is 9.82. The van der Waals surface area contributed by atoms with Crippen LogP contribution in [0.1, 0.15) is 24.0 Å². The van der Waals surface area contributed by atoms with Gasteiger partial charge in [-0.15, -0.1) is 0 Å². The van der Waals surface area contributed by atoms with Crippen molar-refractivity contribution in [3.63, 3.8) is 0 Å². The monoisotopic (exact) mass is 254 g/mol. The summed E-state index contributed by atoms with van der Waals surface area (Å²) in [5, 5.41) is 8.92. The Morgan fingerprint density at radius 1 is 1.43 bits per heavy atom. The molecule has 14 heavy (non-hydrogen) atoms. The van der Waals surface area contributed by atoms with Gasteiger partial charge in [-0.25, -0.2) is 0 Å². The lowest BCUT2D eigenvalue weighted by Gasteiger charge is -2.24. The van der Waals surface area contributed by atoms with Crippen molar-refractivity contribution >= 4 is 15.9 Å². The first-order valence-corrected chi connectivity index (χ1v) is 5.97. The fourth-order valence-corrected chi connectivity index (χ4v) is 2.81. The Hall–Kier alpha value is -0.340. The maximum atomic E-state index is 8.92. The van der Waals surface area contributed by atoms with E-state index in [4.69, 9.17) is 5.11 Å². The van der Waals surface area contributed by atoms with Gasteiger partial charge in [0.15, 0.2) is 0 Å². The number of aryl methyl sites for hydroxylation is 1. The zero-order chi connectivity index (χ0) is 9.97. The molecule has 0 bridgehead atoms. The standard InChI is InChI=1S/C12H15BrO/c13-12-3-1-2-10-5-4-9(6-7-14)8-11(10)12/h1-3,9,14H,4-8H2. The van der Waals surface area contributed by atoms with Gasteiger partial charge in [-0.05, 0) is 48.8 Å². The molecule has 0 amide bonds. The van der Waals surface area contributed by atoms with Gasteiger partial charge >= 0.3 is 0 Å². The molecule has 0 saturated carbocycles. The van der Waals surface area contributed by atoms with E-state index in [2.05, 4.69) is 34.1 Å². The number of hydrogen-bond acceptors (Lipinski definition) is 1. The highest BCUT2D eigenvalue weighted by Gasteiger charge is 2.19. The third-order valence-electron chi connectivity index (χ3n) is 3.07. The Labute approximate surface area is 93.3 Å². The molecule has 0 fully saturated rings. The predicted molar refractivity (Wildman–Crippen MR) is 61.4 cm³/mol. The molecule has 0 aliphatic heterocycles. The number of aliphatic hydroxyl groups excluding tert-OH is 1. The van der Waals surface area contributed by atoms with Crippen molar-refractivity contribution in [3.8, 4) is 0 Å². The molecule has 1 aromatic rings. The average molecular weight is 255 g/mol. The lowest BCUT2D eigenvalue weighted by molar-refractivity contribution is 0.248. The van der Waals surface area contributed by atoms with E-state index in [1.165, 1.54) is 28.4 Å². The van der Waals surface area contributed by atoms with Crippen LogP contribution < -0.4 is 0 Å². The van der Waals surface area contributed by atoms with Crippen molar-refractivity contribution in [2.24, 2.45) is 5.92 Å². The first kappa shape index (κ1) is 10.2. The maximum absolute atomic E-state index is 8.92. The van der Waals surface area contributed by atoms with E-state index >= 15 is 0 Å². The number of rotatable bonds is 2. The first-order chi connectivity index (χ1) is 6.81. The van der Waals surface area contributed by atoms with Crippen LogP contribution in [-0.4, -0.2) is 11.7 Å². The van der Waals surface area contributed by atoms with Crippen molar-refractivity contribution in [2.45, 2.75) is 25.7 Å². The molecule has 1 unspecified atom stereocenters. The van der Waals surface area contributed by atoms with Gasteiger partial charge in [-0.1, -0.05) is 28.1 Å². The highest BCUT2D eigenvalue weighted by molar-refractivity contribution is 9.10. The number of fused-ring (bicyclic) bond motifs is 1. The van der Waals surface area contributed by atoms with Crippen molar-refractivity contribution in [1.82, 2.24) is 0 Å². The molecular weight excluding hydrogens is 240 g/mol. The minimum atomic E-state index is 0.324. The summed E-state index contributed by atoms with van der Waals surface area (Å²) >= 11 is 3.60. The van der Waals surface area contributed by atoms with Crippen LogP contribution in [0, 0.1) is 5.92 Å². The van der Waals surface area contributed by atoms with Crippen LogP contribution in [0.5, 0.6) is 0 Å². The van der Waals surface area contributed by atoms with E-state index in [1.807, 2.05) is 0 Å². The molecule has 2 rings (SSSR count). The zero-order valence-electron chi connectivity index (χ0n) is 8.17. The molecule has 1 aliphatic carbocycles. The largest absolute Gasteiger partial charge is 0.396 e. The van der Waals surface area contributed by atoms with Gasteiger partial charge in [0.05, 0.1) is 0 Å². The molecule has 0 aromatic heterocycles. The fourth-order valence-electron chi connectivity index (χ4n) is 2.25. The van der Waals surface area contributed by atoms with E-state index in [0.29, 0.717) is 12.5 Å². The van der Waals surface area contributed by atoms with Crippen molar-refractivity contribution in [1.29, 1.82) is 0 Å². The smallest absolute Gasteiger partial charge is 0.0433 e. The van der Waals surface area contributed by atoms with E-state index in [1.54, 1.807) is 0 Å².